The number of phenolic OH excluding ortho intramolecular Hbond substituents is 2. The third kappa shape index (κ3) is 2.53. The highest BCUT2D eigenvalue weighted by atomic mass is 19.1. The fraction of sp³-hybridized carbons (Fsp3) is 0.300. The molecule has 0 saturated heterocycles. The molecule has 0 aliphatic rings. The molecule has 1 aromatic carbocycles. The van der Waals surface area contributed by atoms with E-state index in [0.717, 1.165) is 12.1 Å². The van der Waals surface area contributed by atoms with Crippen LogP contribution in [0.4, 0.5) is 4.39 Å². The van der Waals surface area contributed by atoms with Crippen molar-refractivity contribution in [2.75, 3.05) is 20.4 Å². The fourth-order valence-corrected chi connectivity index (χ4v) is 1.12. The minimum absolute atomic E-state index is 0.0231. The molecule has 0 bridgehead atoms. The van der Waals surface area contributed by atoms with E-state index in [4.69, 9.17) is 4.74 Å². The van der Waals surface area contributed by atoms with E-state index in [1.54, 1.807) is 0 Å². The summed E-state index contributed by atoms with van der Waals surface area (Å²) in [5, 5.41) is 18.9. The summed E-state index contributed by atoms with van der Waals surface area (Å²) in [5.41, 5.74) is -0.0231. The van der Waals surface area contributed by atoms with Crippen molar-refractivity contribution < 1.29 is 28.9 Å². The number of hydrogen-bond acceptors (Lipinski definition) is 5. The summed E-state index contributed by atoms with van der Waals surface area (Å²) < 4.78 is 21.0. The van der Waals surface area contributed by atoms with Crippen LogP contribution in [-0.4, -0.2) is 36.6 Å². The molecule has 0 aliphatic heterocycles. The molecule has 2 N–H and O–H groups in total. The Bertz CT molecular complexity index is 368. The lowest BCUT2D eigenvalue weighted by molar-refractivity contribution is 0.0599. The molecule has 0 heterocycles. The maximum absolute atomic E-state index is 11.8. The summed E-state index contributed by atoms with van der Waals surface area (Å²) >= 11 is 0. The van der Waals surface area contributed by atoms with Crippen molar-refractivity contribution >= 4 is 5.97 Å². The van der Waals surface area contributed by atoms with E-state index >= 15 is 0 Å². The highest BCUT2D eigenvalue weighted by Crippen LogP contribution is 2.37. The Labute approximate surface area is 91.0 Å². The van der Waals surface area contributed by atoms with Gasteiger partial charge in [-0.2, -0.15) is 0 Å². The van der Waals surface area contributed by atoms with Crippen molar-refractivity contribution in [3.63, 3.8) is 0 Å². The van der Waals surface area contributed by atoms with Gasteiger partial charge in [-0.15, -0.1) is 0 Å². The number of aromatic hydroxyl groups is 2. The number of halogens is 1. The third-order valence-corrected chi connectivity index (χ3v) is 1.79. The largest absolute Gasteiger partial charge is 0.504 e. The monoisotopic (exact) mass is 230 g/mol. The number of rotatable bonds is 4. The van der Waals surface area contributed by atoms with Gasteiger partial charge in [0.2, 0.25) is 5.75 Å². The van der Waals surface area contributed by atoms with Crippen LogP contribution in [0.3, 0.4) is 0 Å². The lowest BCUT2D eigenvalue weighted by Crippen LogP contribution is -2.03. The second-order valence-electron chi connectivity index (χ2n) is 2.87. The Hall–Kier alpha value is -1.98. The first-order valence-corrected chi connectivity index (χ1v) is 4.43. The number of methoxy groups -OCH3 is 1. The zero-order chi connectivity index (χ0) is 12.1. The number of alkyl halides is 1. The molecule has 0 radical (unpaired) electrons. The normalized spacial score (nSPS) is 9.88. The number of ether oxygens (including phenoxy) is 2. The lowest BCUT2D eigenvalue weighted by Gasteiger charge is -2.09. The summed E-state index contributed by atoms with van der Waals surface area (Å²) in [5.74, 6) is -1.87. The van der Waals surface area contributed by atoms with Crippen molar-refractivity contribution in [1.82, 2.24) is 0 Å². The van der Waals surface area contributed by atoms with Crippen molar-refractivity contribution in [3.8, 4) is 17.2 Å². The van der Waals surface area contributed by atoms with Crippen LogP contribution in [-0.2, 0) is 4.74 Å². The van der Waals surface area contributed by atoms with E-state index in [0.29, 0.717) is 0 Å². The van der Waals surface area contributed by atoms with Gasteiger partial charge in [-0.25, -0.2) is 9.18 Å². The Kier molecular flexibility index (Phi) is 3.93. The van der Waals surface area contributed by atoms with Gasteiger partial charge in [0.1, 0.15) is 13.3 Å². The number of carbonyl (C=O) groups is 1. The number of carbonyl (C=O) groups excluding carboxylic acids is 1. The van der Waals surface area contributed by atoms with E-state index in [-0.39, 0.29) is 17.9 Å². The first-order chi connectivity index (χ1) is 7.60. The molecular weight excluding hydrogens is 219 g/mol. The average Bonchev–Trinajstić information content (AvgIpc) is 2.26. The molecule has 5 nitrogen and oxygen atoms in total. The van der Waals surface area contributed by atoms with Crippen LogP contribution in [0.5, 0.6) is 17.2 Å². The summed E-state index contributed by atoms with van der Waals surface area (Å²) in [6.07, 6.45) is 0. The highest BCUT2D eigenvalue weighted by molar-refractivity contribution is 5.91. The molecule has 0 spiro atoms. The molecule has 0 amide bonds. The molecule has 0 unspecified atom stereocenters. The molecular formula is C10H11FO5. The van der Waals surface area contributed by atoms with Crippen LogP contribution in [0, 0.1) is 0 Å². The minimum atomic E-state index is -0.752. The maximum atomic E-state index is 11.8. The van der Waals surface area contributed by atoms with Crippen molar-refractivity contribution in [2.24, 2.45) is 0 Å². The number of phenols is 2. The predicted molar refractivity (Wildman–Crippen MR) is 52.6 cm³/mol. The van der Waals surface area contributed by atoms with Gasteiger partial charge < -0.3 is 19.7 Å². The van der Waals surface area contributed by atoms with Gasteiger partial charge in [0.25, 0.3) is 0 Å². The van der Waals surface area contributed by atoms with Crippen LogP contribution in [0.2, 0.25) is 0 Å². The van der Waals surface area contributed by atoms with E-state index in [1.165, 1.54) is 7.11 Å². The van der Waals surface area contributed by atoms with Crippen molar-refractivity contribution in [3.05, 3.63) is 17.7 Å². The van der Waals surface area contributed by atoms with Crippen LogP contribution in [0.1, 0.15) is 10.4 Å². The second kappa shape index (κ2) is 5.20. The van der Waals surface area contributed by atoms with Gasteiger partial charge in [-0.1, -0.05) is 0 Å². The van der Waals surface area contributed by atoms with Gasteiger partial charge in [0.05, 0.1) is 12.7 Å². The molecule has 1 rings (SSSR count). The zero-order valence-electron chi connectivity index (χ0n) is 8.57. The SMILES string of the molecule is COC(=O)c1cc(O)c(OCCF)c(O)c1. The first kappa shape index (κ1) is 12.1. The smallest absolute Gasteiger partial charge is 0.338 e. The van der Waals surface area contributed by atoms with Crippen molar-refractivity contribution in [2.45, 2.75) is 0 Å². The van der Waals surface area contributed by atoms with E-state index < -0.39 is 24.1 Å². The summed E-state index contributed by atoms with van der Waals surface area (Å²) in [6.45, 7) is -1.05. The minimum Gasteiger partial charge on any atom is -0.504 e. The van der Waals surface area contributed by atoms with Crippen LogP contribution < -0.4 is 4.74 Å². The van der Waals surface area contributed by atoms with Gasteiger partial charge in [-0.05, 0) is 12.1 Å². The average molecular weight is 230 g/mol. The molecule has 0 aliphatic carbocycles. The molecule has 16 heavy (non-hydrogen) atoms. The molecule has 88 valence electrons. The van der Waals surface area contributed by atoms with Gasteiger partial charge >= 0.3 is 5.97 Å². The number of hydrogen-bond donors (Lipinski definition) is 2. The van der Waals surface area contributed by atoms with Gasteiger partial charge in [0.15, 0.2) is 11.5 Å². The van der Waals surface area contributed by atoms with Crippen LogP contribution in [0.25, 0.3) is 0 Å². The Morgan fingerprint density at radius 3 is 2.38 bits per heavy atom. The van der Waals surface area contributed by atoms with Crippen molar-refractivity contribution in [1.29, 1.82) is 0 Å². The summed E-state index contributed by atoms with van der Waals surface area (Å²) in [4.78, 5) is 11.1. The van der Waals surface area contributed by atoms with Gasteiger partial charge in [-0.3, -0.25) is 0 Å². The first-order valence-electron chi connectivity index (χ1n) is 4.43. The standard InChI is InChI=1S/C10H11FO5/c1-15-10(14)6-4-7(12)9(8(13)5-6)16-3-2-11/h4-5,12-13H,2-3H2,1H3. The molecule has 0 aromatic heterocycles. The Morgan fingerprint density at radius 1 is 1.38 bits per heavy atom. The van der Waals surface area contributed by atoms with Gasteiger partial charge in [0, 0.05) is 0 Å². The quantitative estimate of drug-likeness (QED) is 0.761. The van der Waals surface area contributed by atoms with E-state index in [2.05, 4.69) is 4.74 Å². The van der Waals surface area contributed by atoms with Crippen LogP contribution >= 0.6 is 0 Å². The summed E-state index contributed by atoms with van der Waals surface area (Å²) in [6, 6.07) is 2.14. The second-order valence-corrected chi connectivity index (χ2v) is 2.87. The third-order valence-electron chi connectivity index (χ3n) is 1.79. The van der Waals surface area contributed by atoms with Crippen LogP contribution in [0.15, 0.2) is 12.1 Å². The molecule has 0 atom stereocenters. The Morgan fingerprint density at radius 2 is 1.94 bits per heavy atom. The maximum Gasteiger partial charge on any atom is 0.338 e. The van der Waals surface area contributed by atoms with E-state index in [1.807, 2.05) is 0 Å². The summed E-state index contributed by atoms with van der Waals surface area (Å²) in [7, 11) is 1.17. The molecule has 6 heteroatoms. The zero-order valence-corrected chi connectivity index (χ0v) is 8.57. The molecule has 1 aromatic rings. The number of benzene rings is 1. The number of esters is 1. The van der Waals surface area contributed by atoms with E-state index in [9.17, 15) is 19.4 Å². The highest BCUT2D eigenvalue weighted by Gasteiger charge is 2.15. The predicted octanol–water partition coefficient (Wildman–Crippen LogP) is 1.23. The Balaban J connectivity index is 3.02. The fourth-order valence-electron chi connectivity index (χ4n) is 1.12. The molecule has 0 fully saturated rings. The topological polar surface area (TPSA) is 76.0 Å². The molecule has 0 saturated carbocycles. The lowest BCUT2D eigenvalue weighted by atomic mass is 10.2.